The van der Waals surface area contributed by atoms with Gasteiger partial charge in [-0.3, -0.25) is 9.59 Å². The van der Waals surface area contributed by atoms with Crippen molar-refractivity contribution >= 4 is 23.2 Å². The zero-order valence-electron chi connectivity index (χ0n) is 20.0. The maximum Gasteiger partial charge on any atom is 0.232 e. The second-order valence-corrected chi connectivity index (χ2v) is 9.88. The molecule has 0 aliphatic carbocycles. The first-order valence-electron chi connectivity index (χ1n) is 11.7. The predicted octanol–water partition coefficient (Wildman–Crippen LogP) is 4.21. The highest BCUT2D eigenvalue weighted by Crippen LogP contribution is 2.40. The van der Waals surface area contributed by atoms with Gasteiger partial charge in [0.05, 0.1) is 0 Å². The number of amides is 2. The zero-order valence-corrected chi connectivity index (χ0v) is 20.0. The minimum absolute atomic E-state index is 0.0976. The molecular formula is C26H30N2O6. The summed E-state index contributed by atoms with van der Waals surface area (Å²) in [4.78, 5) is 27.9. The summed E-state index contributed by atoms with van der Waals surface area (Å²) in [5, 5.41) is 0. The van der Waals surface area contributed by atoms with Crippen LogP contribution < -0.4 is 28.7 Å². The van der Waals surface area contributed by atoms with E-state index in [4.69, 9.17) is 18.9 Å². The highest BCUT2D eigenvalue weighted by molar-refractivity contribution is 5.99. The van der Waals surface area contributed by atoms with Gasteiger partial charge < -0.3 is 28.7 Å². The molecule has 4 aliphatic rings. The summed E-state index contributed by atoms with van der Waals surface area (Å²) in [6.07, 6.45) is 0.889. The standard InChI is InChI=1S/2C13H15NO3/c1-8-6-14(13(15)9(8)2)10-3-4-11-12(5-10)17-7-16-11;1-13(2)5-6-14(12(13)15)9-3-4-10-11(7-9)17-8-16-10/h3-5,8-9H,6-7H2,1-2H3;3-4,7H,5-6,8H2,1-2H3/t8-,9+;/m1./s1. The van der Waals surface area contributed by atoms with Gasteiger partial charge >= 0.3 is 0 Å². The topological polar surface area (TPSA) is 77.5 Å². The summed E-state index contributed by atoms with van der Waals surface area (Å²) in [6.45, 7) is 10.1. The number of hydrogen-bond acceptors (Lipinski definition) is 6. The van der Waals surface area contributed by atoms with Crippen LogP contribution in [0.15, 0.2) is 36.4 Å². The molecule has 2 atom stereocenters. The Morgan fingerprint density at radius 2 is 1.32 bits per heavy atom. The molecule has 2 saturated heterocycles. The van der Waals surface area contributed by atoms with Crippen LogP contribution in [0.2, 0.25) is 0 Å². The van der Waals surface area contributed by atoms with E-state index in [2.05, 4.69) is 6.92 Å². The van der Waals surface area contributed by atoms with E-state index in [0.717, 1.165) is 53.9 Å². The number of fused-ring (bicyclic) bond motifs is 2. The van der Waals surface area contributed by atoms with Gasteiger partial charge in [0.15, 0.2) is 23.0 Å². The van der Waals surface area contributed by atoms with Crippen LogP contribution in [0.5, 0.6) is 23.0 Å². The highest BCUT2D eigenvalue weighted by Gasteiger charge is 2.39. The van der Waals surface area contributed by atoms with E-state index >= 15 is 0 Å². The molecule has 180 valence electrons. The van der Waals surface area contributed by atoms with Crippen molar-refractivity contribution in [2.45, 2.75) is 34.1 Å². The summed E-state index contributed by atoms with van der Waals surface area (Å²) in [7, 11) is 0. The fourth-order valence-electron chi connectivity index (χ4n) is 4.58. The Labute approximate surface area is 199 Å². The first-order chi connectivity index (χ1) is 16.2. The van der Waals surface area contributed by atoms with Crippen molar-refractivity contribution in [3.8, 4) is 23.0 Å². The van der Waals surface area contributed by atoms with Gasteiger partial charge in [0, 0.05) is 47.9 Å². The van der Waals surface area contributed by atoms with Gasteiger partial charge in [0.25, 0.3) is 0 Å². The van der Waals surface area contributed by atoms with Gasteiger partial charge in [-0.05, 0) is 36.6 Å². The summed E-state index contributed by atoms with van der Waals surface area (Å²) in [6, 6.07) is 11.3. The lowest BCUT2D eigenvalue weighted by Gasteiger charge is -2.19. The van der Waals surface area contributed by atoms with Crippen LogP contribution in [0.3, 0.4) is 0 Å². The number of ether oxygens (including phenoxy) is 4. The fourth-order valence-corrected chi connectivity index (χ4v) is 4.58. The summed E-state index contributed by atoms with van der Waals surface area (Å²) < 4.78 is 21.2. The first kappa shape index (κ1) is 22.4. The Morgan fingerprint density at radius 1 is 0.794 bits per heavy atom. The average molecular weight is 467 g/mol. The maximum atomic E-state index is 12.2. The molecule has 0 spiro atoms. The quantitative estimate of drug-likeness (QED) is 0.660. The highest BCUT2D eigenvalue weighted by atomic mass is 16.7. The van der Waals surface area contributed by atoms with Crippen LogP contribution in [0, 0.1) is 17.3 Å². The maximum absolute atomic E-state index is 12.2. The average Bonchev–Trinajstić information content (AvgIpc) is 3.59. The van der Waals surface area contributed by atoms with Crippen LogP contribution in [0.25, 0.3) is 0 Å². The minimum Gasteiger partial charge on any atom is -0.454 e. The molecule has 4 heterocycles. The molecule has 0 unspecified atom stereocenters. The zero-order chi connectivity index (χ0) is 24.0. The molecule has 8 heteroatoms. The van der Waals surface area contributed by atoms with Crippen molar-refractivity contribution in [1.82, 2.24) is 0 Å². The molecule has 2 aromatic carbocycles. The number of nitrogens with zero attached hydrogens (tertiary/aromatic N) is 2. The van der Waals surface area contributed by atoms with E-state index in [9.17, 15) is 9.59 Å². The number of hydrogen-bond donors (Lipinski definition) is 0. The van der Waals surface area contributed by atoms with Crippen molar-refractivity contribution in [3.63, 3.8) is 0 Å². The van der Waals surface area contributed by atoms with Crippen molar-refractivity contribution in [2.75, 3.05) is 36.5 Å². The smallest absolute Gasteiger partial charge is 0.232 e. The first-order valence-corrected chi connectivity index (χ1v) is 11.7. The molecule has 34 heavy (non-hydrogen) atoms. The normalized spacial score (nSPS) is 23.9. The molecule has 2 amide bonds. The third-order valence-electron chi connectivity index (χ3n) is 7.10. The van der Waals surface area contributed by atoms with E-state index in [1.54, 1.807) is 0 Å². The van der Waals surface area contributed by atoms with Crippen molar-refractivity contribution in [1.29, 1.82) is 0 Å². The number of rotatable bonds is 2. The summed E-state index contributed by atoms with van der Waals surface area (Å²) in [5.41, 5.74) is 1.54. The lowest BCUT2D eigenvalue weighted by atomic mass is 9.92. The van der Waals surface area contributed by atoms with E-state index in [1.807, 2.05) is 67.0 Å². The number of carbonyl (C=O) groups excluding carboxylic acids is 2. The second kappa shape index (κ2) is 8.42. The minimum atomic E-state index is -0.254. The van der Waals surface area contributed by atoms with Crippen LogP contribution in [-0.4, -0.2) is 38.5 Å². The van der Waals surface area contributed by atoms with E-state index in [0.29, 0.717) is 5.92 Å². The van der Waals surface area contributed by atoms with E-state index in [1.165, 1.54) is 0 Å². The van der Waals surface area contributed by atoms with Crippen LogP contribution >= 0.6 is 0 Å². The van der Waals surface area contributed by atoms with Crippen LogP contribution in [0.1, 0.15) is 34.1 Å². The molecule has 4 aliphatic heterocycles. The molecule has 0 aromatic heterocycles. The largest absolute Gasteiger partial charge is 0.454 e. The van der Waals surface area contributed by atoms with Gasteiger partial charge in [-0.25, -0.2) is 0 Å². The fraction of sp³-hybridized carbons (Fsp3) is 0.462. The lowest BCUT2D eigenvalue weighted by molar-refractivity contribution is -0.124. The SMILES string of the molecule is CC1(C)CCN(c2ccc3c(c2)OCO3)C1=O.C[C@@H]1CN(c2ccc3c(c2)OCO3)C(=O)[C@H]1C. The summed E-state index contributed by atoms with van der Waals surface area (Å²) in [5.74, 6) is 3.81. The van der Waals surface area contributed by atoms with Crippen molar-refractivity contribution in [3.05, 3.63) is 36.4 Å². The molecule has 6 rings (SSSR count). The van der Waals surface area contributed by atoms with Gasteiger partial charge in [-0.1, -0.05) is 27.7 Å². The molecule has 0 bridgehead atoms. The Morgan fingerprint density at radius 3 is 1.79 bits per heavy atom. The van der Waals surface area contributed by atoms with Crippen LogP contribution in [-0.2, 0) is 9.59 Å². The Hall–Kier alpha value is -3.42. The molecule has 8 nitrogen and oxygen atoms in total. The Kier molecular flexibility index (Phi) is 5.54. The molecule has 2 aromatic rings. The monoisotopic (exact) mass is 466 g/mol. The van der Waals surface area contributed by atoms with Crippen molar-refractivity contribution in [2.24, 2.45) is 17.3 Å². The number of benzene rings is 2. The van der Waals surface area contributed by atoms with E-state index < -0.39 is 0 Å². The number of anilines is 2. The molecule has 0 saturated carbocycles. The molecule has 2 fully saturated rings. The molecule has 0 N–H and O–H groups in total. The molecule has 0 radical (unpaired) electrons. The Balaban J connectivity index is 0.000000142. The second-order valence-electron chi connectivity index (χ2n) is 9.88. The van der Waals surface area contributed by atoms with E-state index in [-0.39, 0.29) is 36.7 Å². The third-order valence-corrected chi connectivity index (χ3v) is 7.10. The summed E-state index contributed by atoms with van der Waals surface area (Å²) >= 11 is 0. The predicted molar refractivity (Wildman–Crippen MR) is 127 cm³/mol. The van der Waals surface area contributed by atoms with Gasteiger partial charge in [0.1, 0.15) is 0 Å². The Bertz CT molecular complexity index is 1070. The van der Waals surface area contributed by atoms with Gasteiger partial charge in [0.2, 0.25) is 25.4 Å². The van der Waals surface area contributed by atoms with Crippen molar-refractivity contribution < 1.29 is 28.5 Å². The van der Waals surface area contributed by atoms with Gasteiger partial charge in [-0.2, -0.15) is 0 Å². The molecular weight excluding hydrogens is 436 g/mol. The number of carbonyl (C=O) groups is 2. The van der Waals surface area contributed by atoms with Crippen LogP contribution in [0.4, 0.5) is 11.4 Å². The van der Waals surface area contributed by atoms with Gasteiger partial charge in [-0.15, -0.1) is 0 Å². The lowest BCUT2D eigenvalue weighted by Crippen LogP contribution is -2.30. The third kappa shape index (κ3) is 3.91.